The van der Waals surface area contributed by atoms with Crippen molar-refractivity contribution in [2.45, 2.75) is 4.90 Å². The van der Waals surface area contributed by atoms with Gasteiger partial charge in [-0.25, -0.2) is 18.4 Å². The SMILES string of the molecule is Nc1ccc(S(=O)(=O)Nc2cc(Cl)ccn2)cn1. The Kier molecular flexibility index (Phi) is 3.35. The van der Waals surface area contributed by atoms with E-state index in [-0.39, 0.29) is 16.5 Å². The molecule has 3 N–H and O–H groups in total. The molecule has 94 valence electrons. The van der Waals surface area contributed by atoms with Crippen LogP contribution in [0.15, 0.2) is 41.6 Å². The molecule has 6 nitrogen and oxygen atoms in total. The smallest absolute Gasteiger partial charge is 0.264 e. The van der Waals surface area contributed by atoms with Gasteiger partial charge in [0.25, 0.3) is 10.0 Å². The summed E-state index contributed by atoms with van der Waals surface area (Å²) in [4.78, 5) is 7.56. The molecule has 0 radical (unpaired) electrons. The molecule has 0 aliphatic heterocycles. The average molecular weight is 285 g/mol. The lowest BCUT2D eigenvalue weighted by Gasteiger charge is -2.07. The Labute approximate surface area is 109 Å². The van der Waals surface area contributed by atoms with Crippen LogP contribution < -0.4 is 10.5 Å². The minimum Gasteiger partial charge on any atom is -0.384 e. The first kappa shape index (κ1) is 12.6. The number of hydrogen-bond acceptors (Lipinski definition) is 5. The van der Waals surface area contributed by atoms with Gasteiger partial charge in [-0.3, -0.25) is 4.72 Å². The van der Waals surface area contributed by atoms with Crippen molar-refractivity contribution in [3.05, 3.63) is 41.7 Å². The van der Waals surface area contributed by atoms with Crippen LogP contribution in [-0.2, 0) is 10.0 Å². The Morgan fingerprint density at radius 2 is 2.00 bits per heavy atom. The second kappa shape index (κ2) is 4.79. The van der Waals surface area contributed by atoms with E-state index >= 15 is 0 Å². The van der Waals surface area contributed by atoms with Gasteiger partial charge in [0, 0.05) is 23.5 Å². The summed E-state index contributed by atoms with van der Waals surface area (Å²) in [5.41, 5.74) is 5.39. The van der Waals surface area contributed by atoms with Crippen molar-refractivity contribution in [3.63, 3.8) is 0 Å². The van der Waals surface area contributed by atoms with Crippen LogP contribution in [0.1, 0.15) is 0 Å². The number of anilines is 2. The molecule has 0 amide bonds. The third-order valence-electron chi connectivity index (χ3n) is 2.03. The molecule has 2 rings (SSSR count). The van der Waals surface area contributed by atoms with Crippen LogP contribution >= 0.6 is 11.6 Å². The normalized spacial score (nSPS) is 11.2. The molecule has 18 heavy (non-hydrogen) atoms. The molecule has 2 aromatic rings. The van der Waals surface area contributed by atoms with Crippen LogP contribution in [0.2, 0.25) is 5.02 Å². The summed E-state index contributed by atoms with van der Waals surface area (Å²) in [6, 6.07) is 5.71. The van der Waals surface area contributed by atoms with E-state index < -0.39 is 10.0 Å². The van der Waals surface area contributed by atoms with Gasteiger partial charge in [0.2, 0.25) is 0 Å². The molecule has 0 atom stereocenters. The van der Waals surface area contributed by atoms with E-state index in [1.807, 2.05) is 0 Å². The van der Waals surface area contributed by atoms with E-state index in [2.05, 4.69) is 14.7 Å². The Balaban J connectivity index is 2.30. The van der Waals surface area contributed by atoms with Crippen LogP contribution in [0.5, 0.6) is 0 Å². The number of rotatable bonds is 3. The van der Waals surface area contributed by atoms with Crippen molar-refractivity contribution < 1.29 is 8.42 Å². The van der Waals surface area contributed by atoms with Crippen molar-refractivity contribution >= 4 is 33.3 Å². The summed E-state index contributed by atoms with van der Waals surface area (Å²) in [5, 5.41) is 0.387. The third kappa shape index (κ3) is 2.88. The van der Waals surface area contributed by atoms with Crippen LogP contribution in [-0.4, -0.2) is 18.4 Å². The van der Waals surface area contributed by atoms with Gasteiger partial charge in [0.1, 0.15) is 16.5 Å². The van der Waals surface area contributed by atoms with E-state index in [1.165, 1.54) is 30.6 Å². The van der Waals surface area contributed by atoms with Gasteiger partial charge in [-0.2, -0.15) is 0 Å². The van der Waals surface area contributed by atoms with Crippen LogP contribution in [0.4, 0.5) is 11.6 Å². The summed E-state index contributed by atoms with van der Waals surface area (Å²) >= 11 is 5.74. The molecule has 0 fully saturated rings. The molecule has 2 heterocycles. The monoisotopic (exact) mass is 284 g/mol. The van der Waals surface area contributed by atoms with E-state index in [4.69, 9.17) is 17.3 Å². The number of nitrogens with two attached hydrogens (primary N) is 1. The van der Waals surface area contributed by atoms with Gasteiger partial charge in [0.15, 0.2) is 0 Å². The number of halogens is 1. The zero-order chi connectivity index (χ0) is 13.2. The first-order valence-electron chi connectivity index (χ1n) is 4.83. The van der Waals surface area contributed by atoms with Gasteiger partial charge >= 0.3 is 0 Å². The second-order valence-electron chi connectivity index (χ2n) is 3.38. The number of nitrogens with one attached hydrogen (secondary N) is 1. The summed E-state index contributed by atoms with van der Waals surface area (Å²) in [6.45, 7) is 0. The maximum atomic E-state index is 11.9. The molecular weight excluding hydrogens is 276 g/mol. The van der Waals surface area contributed by atoms with Gasteiger partial charge in [-0.05, 0) is 18.2 Å². The first-order chi connectivity index (χ1) is 8.47. The maximum Gasteiger partial charge on any atom is 0.264 e. The largest absolute Gasteiger partial charge is 0.384 e. The fraction of sp³-hybridized carbons (Fsp3) is 0. The lowest BCUT2D eigenvalue weighted by Crippen LogP contribution is -2.14. The Morgan fingerprint density at radius 1 is 1.22 bits per heavy atom. The van der Waals surface area contributed by atoms with Crippen LogP contribution in [0.3, 0.4) is 0 Å². The van der Waals surface area contributed by atoms with Gasteiger partial charge in [0.05, 0.1) is 0 Å². The molecule has 8 heteroatoms. The third-order valence-corrected chi connectivity index (χ3v) is 3.61. The van der Waals surface area contributed by atoms with Crippen molar-refractivity contribution in [3.8, 4) is 0 Å². The number of aromatic nitrogens is 2. The lowest BCUT2D eigenvalue weighted by molar-refractivity contribution is 0.600. The fourth-order valence-corrected chi connectivity index (χ4v) is 2.31. The Hall–Kier alpha value is -1.86. The van der Waals surface area contributed by atoms with Gasteiger partial charge < -0.3 is 5.73 Å². The van der Waals surface area contributed by atoms with E-state index in [0.717, 1.165) is 0 Å². The highest BCUT2D eigenvalue weighted by atomic mass is 35.5. The van der Waals surface area contributed by atoms with E-state index in [0.29, 0.717) is 5.02 Å². The Bertz CT molecular complexity index is 658. The lowest BCUT2D eigenvalue weighted by atomic mass is 10.5. The summed E-state index contributed by atoms with van der Waals surface area (Å²) in [7, 11) is -3.74. The zero-order valence-electron chi connectivity index (χ0n) is 9.04. The van der Waals surface area contributed by atoms with Crippen LogP contribution in [0, 0.1) is 0 Å². The first-order valence-corrected chi connectivity index (χ1v) is 6.69. The maximum absolute atomic E-state index is 11.9. The molecule has 0 unspecified atom stereocenters. The molecule has 0 spiro atoms. The minimum atomic E-state index is -3.74. The van der Waals surface area contributed by atoms with Gasteiger partial charge in [-0.1, -0.05) is 11.6 Å². The predicted molar refractivity (Wildman–Crippen MR) is 68.7 cm³/mol. The van der Waals surface area contributed by atoms with E-state index in [9.17, 15) is 8.42 Å². The molecule has 0 aliphatic carbocycles. The molecule has 0 saturated carbocycles. The zero-order valence-corrected chi connectivity index (χ0v) is 10.6. The van der Waals surface area contributed by atoms with Crippen molar-refractivity contribution in [1.29, 1.82) is 0 Å². The highest BCUT2D eigenvalue weighted by Gasteiger charge is 2.15. The molecule has 0 aromatic carbocycles. The van der Waals surface area contributed by atoms with Crippen molar-refractivity contribution in [2.24, 2.45) is 0 Å². The average Bonchev–Trinajstić information content (AvgIpc) is 2.29. The molecule has 2 aromatic heterocycles. The summed E-state index contributed by atoms with van der Waals surface area (Å²) < 4.78 is 26.2. The number of nitrogens with zero attached hydrogens (tertiary/aromatic N) is 2. The number of sulfonamides is 1. The second-order valence-corrected chi connectivity index (χ2v) is 5.50. The number of pyridine rings is 2. The fourth-order valence-electron chi connectivity index (χ4n) is 1.21. The molecule has 0 aliphatic rings. The molecule has 0 bridgehead atoms. The molecule has 0 saturated heterocycles. The van der Waals surface area contributed by atoms with E-state index in [1.54, 1.807) is 6.07 Å². The highest BCUT2D eigenvalue weighted by molar-refractivity contribution is 7.92. The standard InChI is InChI=1S/C10H9ClN4O2S/c11-7-3-4-13-10(5-7)15-18(16,17)8-1-2-9(12)14-6-8/h1-6H,(H2,12,14)(H,13,15). The quantitative estimate of drug-likeness (QED) is 0.890. The minimum absolute atomic E-state index is 0.00141. The van der Waals surface area contributed by atoms with Gasteiger partial charge in [-0.15, -0.1) is 0 Å². The topological polar surface area (TPSA) is 98.0 Å². The number of nitrogen functional groups attached to an aromatic ring is 1. The Morgan fingerprint density at radius 3 is 2.61 bits per heavy atom. The highest BCUT2D eigenvalue weighted by Crippen LogP contribution is 2.16. The predicted octanol–water partition coefficient (Wildman–Crippen LogP) is 1.51. The summed E-state index contributed by atoms with van der Waals surface area (Å²) in [6.07, 6.45) is 2.57. The van der Waals surface area contributed by atoms with Crippen molar-refractivity contribution in [2.75, 3.05) is 10.5 Å². The number of hydrogen-bond donors (Lipinski definition) is 2. The van der Waals surface area contributed by atoms with Crippen molar-refractivity contribution in [1.82, 2.24) is 9.97 Å². The van der Waals surface area contributed by atoms with Crippen LogP contribution in [0.25, 0.3) is 0 Å². The molecular formula is C10H9ClN4O2S. The summed E-state index contributed by atoms with van der Waals surface area (Å²) in [5.74, 6) is 0.383.